The minimum absolute atomic E-state index is 0.0912. The predicted molar refractivity (Wildman–Crippen MR) is 66.4 cm³/mol. The van der Waals surface area contributed by atoms with Crippen LogP contribution in [0.15, 0.2) is 36.7 Å². The van der Waals surface area contributed by atoms with E-state index >= 15 is 0 Å². The monoisotopic (exact) mass is 262 g/mol. The fourth-order valence-electron chi connectivity index (χ4n) is 1.61. The van der Waals surface area contributed by atoms with Crippen LogP contribution in [0.2, 0.25) is 0 Å². The molecular weight excluding hydrogens is 251 g/mol. The zero-order valence-electron chi connectivity index (χ0n) is 10.2. The number of aryl methyl sites for hydroxylation is 1. The number of halogens is 1. The molecule has 6 heteroatoms. The topological polar surface area (TPSA) is 65.3 Å². The minimum Gasteiger partial charge on any atom is -0.482 e. The number of hydrogen-bond donors (Lipinski definition) is 0. The first-order valence-electron chi connectivity index (χ1n) is 5.53. The lowest BCUT2D eigenvalue weighted by Gasteiger charge is -2.07. The normalized spacial score (nSPS) is 10.2. The van der Waals surface area contributed by atoms with Crippen LogP contribution in [0.4, 0.5) is 10.1 Å². The standard InChI is InChI=1S/C13H11FN2O3/c1-9-4-10(7-15-6-9)8-19-13-5-11(14)2-3-12(13)16(17)18/h2-7H,8H2,1H3. The molecule has 0 aliphatic carbocycles. The van der Waals surface area contributed by atoms with Crippen LogP contribution in [-0.2, 0) is 6.61 Å². The SMILES string of the molecule is Cc1cncc(COc2cc(F)ccc2[N+](=O)[O-])c1. The molecule has 1 aromatic heterocycles. The van der Waals surface area contributed by atoms with Crippen molar-refractivity contribution in [2.45, 2.75) is 13.5 Å². The third-order valence-electron chi connectivity index (χ3n) is 2.44. The fraction of sp³-hybridized carbons (Fsp3) is 0.154. The highest BCUT2D eigenvalue weighted by atomic mass is 19.1. The van der Waals surface area contributed by atoms with E-state index in [1.165, 1.54) is 0 Å². The van der Waals surface area contributed by atoms with Crippen molar-refractivity contribution in [1.29, 1.82) is 0 Å². The highest BCUT2D eigenvalue weighted by Crippen LogP contribution is 2.28. The van der Waals surface area contributed by atoms with Crippen molar-refractivity contribution in [1.82, 2.24) is 4.98 Å². The van der Waals surface area contributed by atoms with Crippen LogP contribution < -0.4 is 4.74 Å². The van der Waals surface area contributed by atoms with Crippen LogP contribution in [-0.4, -0.2) is 9.91 Å². The minimum atomic E-state index is -0.608. The van der Waals surface area contributed by atoms with E-state index in [4.69, 9.17) is 4.74 Å². The molecule has 0 bridgehead atoms. The van der Waals surface area contributed by atoms with Gasteiger partial charge >= 0.3 is 5.69 Å². The number of nitrogens with zero attached hydrogens (tertiary/aromatic N) is 2. The van der Waals surface area contributed by atoms with Gasteiger partial charge in [-0.15, -0.1) is 0 Å². The van der Waals surface area contributed by atoms with E-state index in [9.17, 15) is 14.5 Å². The zero-order valence-corrected chi connectivity index (χ0v) is 10.2. The van der Waals surface area contributed by atoms with E-state index < -0.39 is 10.7 Å². The molecule has 1 aromatic carbocycles. The number of aromatic nitrogens is 1. The van der Waals surface area contributed by atoms with Gasteiger partial charge in [0.15, 0.2) is 5.75 Å². The zero-order chi connectivity index (χ0) is 13.8. The lowest BCUT2D eigenvalue weighted by Crippen LogP contribution is -2.00. The molecule has 1 heterocycles. The van der Waals surface area contributed by atoms with Gasteiger partial charge in [-0.25, -0.2) is 4.39 Å². The average molecular weight is 262 g/mol. The number of nitro benzene ring substituents is 1. The van der Waals surface area contributed by atoms with Crippen molar-refractivity contribution in [3.8, 4) is 5.75 Å². The second-order valence-corrected chi connectivity index (χ2v) is 4.03. The molecular formula is C13H11FN2O3. The Balaban J connectivity index is 2.19. The molecule has 0 saturated carbocycles. The molecule has 0 aliphatic rings. The van der Waals surface area contributed by atoms with Gasteiger partial charge in [-0.05, 0) is 24.6 Å². The fourth-order valence-corrected chi connectivity index (χ4v) is 1.61. The summed E-state index contributed by atoms with van der Waals surface area (Å²) >= 11 is 0. The Morgan fingerprint density at radius 1 is 1.37 bits per heavy atom. The van der Waals surface area contributed by atoms with Gasteiger partial charge in [0.05, 0.1) is 4.92 Å². The van der Waals surface area contributed by atoms with Gasteiger partial charge in [-0.3, -0.25) is 15.1 Å². The number of nitro groups is 1. The second kappa shape index (κ2) is 5.43. The molecule has 0 saturated heterocycles. The number of benzene rings is 1. The molecule has 5 nitrogen and oxygen atoms in total. The van der Waals surface area contributed by atoms with Crippen molar-refractivity contribution in [3.05, 3.63) is 63.7 Å². The highest BCUT2D eigenvalue weighted by Gasteiger charge is 2.15. The summed E-state index contributed by atoms with van der Waals surface area (Å²) in [5.74, 6) is -0.672. The molecule has 0 aliphatic heterocycles. The van der Waals surface area contributed by atoms with Crippen LogP contribution in [0.3, 0.4) is 0 Å². The van der Waals surface area contributed by atoms with Crippen LogP contribution in [0, 0.1) is 22.9 Å². The summed E-state index contributed by atoms with van der Waals surface area (Å²) in [6.45, 7) is 1.97. The molecule has 2 rings (SSSR count). The molecule has 0 unspecified atom stereocenters. The lowest BCUT2D eigenvalue weighted by molar-refractivity contribution is -0.386. The van der Waals surface area contributed by atoms with Crippen LogP contribution in [0.5, 0.6) is 5.75 Å². The first-order chi connectivity index (χ1) is 9.06. The summed E-state index contributed by atoms with van der Waals surface area (Å²) in [4.78, 5) is 14.2. The number of hydrogen-bond acceptors (Lipinski definition) is 4. The largest absolute Gasteiger partial charge is 0.482 e. The Morgan fingerprint density at radius 3 is 2.84 bits per heavy atom. The molecule has 0 radical (unpaired) electrons. The molecule has 0 atom stereocenters. The van der Waals surface area contributed by atoms with E-state index in [-0.39, 0.29) is 18.0 Å². The van der Waals surface area contributed by atoms with Gasteiger partial charge in [0.2, 0.25) is 0 Å². The van der Waals surface area contributed by atoms with E-state index in [1.807, 2.05) is 13.0 Å². The third-order valence-corrected chi connectivity index (χ3v) is 2.44. The third kappa shape index (κ3) is 3.25. The van der Waals surface area contributed by atoms with E-state index in [2.05, 4.69) is 4.98 Å². The van der Waals surface area contributed by atoms with Gasteiger partial charge in [-0.2, -0.15) is 0 Å². The Labute approximate surface area is 108 Å². The molecule has 2 aromatic rings. The predicted octanol–water partition coefficient (Wildman–Crippen LogP) is 3.02. The van der Waals surface area contributed by atoms with Crippen molar-refractivity contribution in [2.75, 3.05) is 0 Å². The van der Waals surface area contributed by atoms with Crippen molar-refractivity contribution in [2.24, 2.45) is 0 Å². The average Bonchev–Trinajstić information content (AvgIpc) is 2.36. The van der Waals surface area contributed by atoms with Gasteiger partial charge in [-0.1, -0.05) is 0 Å². The van der Waals surface area contributed by atoms with Crippen molar-refractivity contribution < 1.29 is 14.1 Å². The summed E-state index contributed by atoms with van der Waals surface area (Å²) < 4.78 is 18.4. The summed E-state index contributed by atoms with van der Waals surface area (Å²) in [5, 5.41) is 10.8. The van der Waals surface area contributed by atoms with Crippen LogP contribution in [0.25, 0.3) is 0 Å². The molecule has 0 spiro atoms. The molecule has 98 valence electrons. The number of pyridine rings is 1. The Hall–Kier alpha value is -2.50. The highest BCUT2D eigenvalue weighted by molar-refractivity contribution is 5.46. The summed E-state index contributed by atoms with van der Waals surface area (Å²) in [6.07, 6.45) is 3.28. The van der Waals surface area contributed by atoms with Crippen molar-refractivity contribution >= 4 is 5.69 Å². The number of ether oxygens (including phenoxy) is 1. The first kappa shape index (κ1) is 12.9. The summed E-state index contributed by atoms with van der Waals surface area (Å²) in [6, 6.07) is 4.96. The maximum absolute atomic E-state index is 13.1. The molecule has 0 fully saturated rings. The summed E-state index contributed by atoms with van der Waals surface area (Å²) in [7, 11) is 0. The van der Waals surface area contributed by atoms with Crippen LogP contribution >= 0.6 is 0 Å². The van der Waals surface area contributed by atoms with Gasteiger partial charge < -0.3 is 4.74 Å². The van der Waals surface area contributed by atoms with E-state index in [0.717, 1.165) is 29.3 Å². The molecule has 19 heavy (non-hydrogen) atoms. The van der Waals surface area contributed by atoms with E-state index in [1.54, 1.807) is 12.4 Å². The summed E-state index contributed by atoms with van der Waals surface area (Å²) in [5.41, 5.74) is 1.45. The van der Waals surface area contributed by atoms with Gasteiger partial charge in [0.25, 0.3) is 0 Å². The Bertz CT molecular complexity index is 617. The maximum atomic E-state index is 13.1. The number of rotatable bonds is 4. The Morgan fingerprint density at radius 2 is 2.16 bits per heavy atom. The molecule has 0 N–H and O–H groups in total. The Kier molecular flexibility index (Phi) is 3.70. The lowest BCUT2D eigenvalue weighted by atomic mass is 10.2. The van der Waals surface area contributed by atoms with Crippen LogP contribution in [0.1, 0.15) is 11.1 Å². The van der Waals surface area contributed by atoms with Gasteiger partial charge in [0.1, 0.15) is 12.4 Å². The second-order valence-electron chi connectivity index (χ2n) is 4.03. The maximum Gasteiger partial charge on any atom is 0.311 e. The van der Waals surface area contributed by atoms with E-state index in [0.29, 0.717) is 0 Å². The van der Waals surface area contributed by atoms with Gasteiger partial charge in [0, 0.05) is 30.1 Å². The smallest absolute Gasteiger partial charge is 0.311 e. The molecule has 0 amide bonds. The quantitative estimate of drug-likeness (QED) is 0.627. The first-order valence-corrected chi connectivity index (χ1v) is 5.53. The van der Waals surface area contributed by atoms with Crippen molar-refractivity contribution in [3.63, 3.8) is 0 Å².